The molecule has 0 atom stereocenters. The molecule has 0 radical (unpaired) electrons. The summed E-state index contributed by atoms with van der Waals surface area (Å²) in [6.07, 6.45) is 25.0. The van der Waals surface area contributed by atoms with E-state index < -0.39 is 0 Å². The van der Waals surface area contributed by atoms with Crippen LogP contribution in [0.15, 0.2) is 25.0 Å². The zero-order chi connectivity index (χ0) is 20.0. The van der Waals surface area contributed by atoms with Crippen LogP contribution in [0.2, 0.25) is 0 Å². The third kappa shape index (κ3) is 22.7. The minimum atomic E-state index is 0.0119. The van der Waals surface area contributed by atoms with E-state index >= 15 is 0 Å². The van der Waals surface area contributed by atoms with Gasteiger partial charge in [-0.2, -0.15) is 0 Å². The number of hydrogen-bond acceptors (Lipinski definition) is 2. The van der Waals surface area contributed by atoms with Crippen LogP contribution in [0.3, 0.4) is 0 Å². The van der Waals surface area contributed by atoms with Crippen LogP contribution in [-0.2, 0) is 4.79 Å². The molecule has 0 fully saturated rings. The average Bonchev–Trinajstić information content (AvgIpc) is 2.65. The maximum atomic E-state index is 11.5. The molecule has 2 N–H and O–H groups in total. The second kappa shape index (κ2) is 21.1. The number of carbonyl (C=O) groups excluding carboxylic acids is 1. The second-order valence-electron chi connectivity index (χ2n) is 7.83. The number of aliphatic hydroxyl groups is 1. The van der Waals surface area contributed by atoms with E-state index in [0.29, 0.717) is 6.42 Å². The molecule has 0 aromatic heterocycles. The summed E-state index contributed by atoms with van der Waals surface area (Å²) in [5, 5.41) is 11.6. The van der Waals surface area contributed by atoms with Gasteiger partial charge in [-0.3, -0.25) is 4.79 Å². The number of unbranched alkanes of at least 4 members (excludes halogenated alkanes) is 16. The Labute approximate surface area is 168 Å². The summed E-state index contributed by atoms with van der Waals surface area (Å²) >= 11 is 0. The van der Waals surface area contributed by atoms with Gasteiger partial charge in [0.05, 0.1) is 6.54 Å². The van der Waals surface area contributed by atoms with Crippen molar-refractivity contribution in [1.29, 1.82) is 0 Å². The van der Waals surface area contributed by atoms with E-state index in [0.717, 1.165) is 12.8 Å². The van der Waals surface area contributed by atoms with Crippen molar-refractivity contribution in [3.05, 3.63) is 25.0 Å². The monoisotopic (exact) mass is 379 g/mol. The normalized spacial score (nSPS) is 10.7. The molecule has 3 nitrogen and oxygen atoms in total. The van der Waals surface area contributed by atoms with Crippen LogP contribution in [0, 0.1) is 0 Å². The van der Waals surface area contributed by atoms with Gasteiger partial charge in [-0.1, -0.05) is 103 Å². The highest BCUT2D eigenvalue weighted by Gasteiger charge is 2.01. The summed E-state index contributed by atoms with van der Waals surface area (Å²) in [6, 6.07) is 0. The summed E-state index contributed by atoms with van der Waals surface area (Å²) in [6.45, 7) is 7.29. The molecule has 158 valence electrons. The van der Waals surface area contributed by atoms with Crippen molar-refractivity contribution in [3.63, 3.8) is 0 Å². The Balaban J connectivity index is 3.09. The zero-order valence-electron chi connectivity index (χ0n) is 17.8. The third-order valence-electron chi connectivity index (χ3n) is 5.05. The number of nitrogens with one attached hydrogen (secondary N) is 1. The van der Waals surface area contributed by atoms with Gasteiger partial charge in [-0.15, -0.1) is 6.58 Å². The Hall–Kier alpha value is -1.25. The maximum Gasteiger partial charge on any atom is 0.220 e. The van der Waals surface area contributed by atoms with Gasteiger partial charge in [-0.05, 0) is 19.3 Å². The standard InChI is InChI=1S/C24H45NO2/c1-3-4-5-6-7-8-9-10-11-12-13-14-15-16-17-18-19-20-21-24(27)25-22-23(2)26/h3,26H,1-2,4-22H2,(H,25,27). The van der Waals surface area contributed by atoms with Crippen molar-refractivity contribution in [2.75, 3.05) is 6.54 Å². The Morgan fingerprint density at radius 2 is 1.07 bits per heavy atom. The fraction of sp³-hybridized carbons (Fsp3) is 0.792. The van der Waals surface area contributed by atoms with Gasteiger partial charge in [0, 0.05) is 6.42 Å². The number of aliphatic hydroxyl groups excluding tert-OH is 1. The molecular weight excluding hydrogens is 334 g/mol. The highest BCUT2D eigenvalue weighted by atomic mass is 16.3. The smallest absolute Gasteiger partial charge is 0.220 e. The Kier molecular flexibility index (Phi) is 20.1. The largest absolute Gasteiger partial charge is 0.511 e. The highest BCUT2D eigenvalue weighted by molar-refractivity contribution is 5.75. The van der Waals surface area contributed by atoms with Gasteiger partial charge in [0.1, 0.15) is 5.76 Å². The Morgan fingerprint density at radius 1 is 0.704 bits per heavy atom. The molecule has 3 heteroatoms. The van der Waals surface area contributed by atoms with E-state index in [9.17, 15) is 4.79 Å². The molecule has 0 unspecified atom stereocenters. The van der Waals surface area contributed by atoms with Crippen LogP contribution in [0.1, 0.15) is 116 Å². The van der Waals surface area contributed by atoms with E-state index in [1.54, 1.807) is 0 Å². The van der Waals surface area contributed by atoms with E-state index in [1.807, 2.05) is 6.08 Å². The van der Waals surface area contributed by atoms with E-state index in [-0.39, 0.29) is 18.2 Å². The van der Waals surface area contributed by atoms with E-state index in [4.69, 9.17) is 5.11 Å². The van der Waals surface area contributed by atoms with Gasteiger partial charge >= 0.3 is 0 Å². The molecule has 0 spiro atoms. The van der Waals surface area contributed by atoms with Crippen LogP contribution in [0.25, 0.3) is 0 Å². The molecule has 27 heavy (non-hydrogen) atoms. The summed E-state index contributed by atoms with van der Waals surface area (Å²) in [5.74, 6) is 0.0242. The predicted octanol–water partition coefficient (Wildman–Crippen LogP) is 7.38. The van der Waals surface area contributed by atoms with Gasteiger partial charge in [-0.25, -0.2) is 0 Å². The first kappa shape index (κ1) is 25.8. The summed E-state index contributed by atoms with van der Waals surface area (Å²) < 4.78 is 0. The molecule has 0 saturated heterocycles. The first-order chi connectivity index (χ1) is 13.2. The van der Waals surface area contributed by atoms with Gasteiger partial charge < -0.3 is 10.4 Å². The molecular formula is C24H45NO2. The van der Waals surface area contributed by atoms with Crippen molar-refractivity contribution in [2.45, 2.75) is 116 Å². The fourth-order valence-electron chi connectivity index (χ4n) is 3.34. The van der Waals surface area contributed by atoms with Crippen LogP contribution in [-0.4, -0.2) is 17.6 Å². The van der Waals surface area contributed by atoms with Crippen molar-refractivity contribution < 1.29 is 9.90 Å². The summed E-state index contributed by atoms with van der Waals surface area (Å²) in [4.78, 5) is 11.5. The molecule has 0 aliphatic rings. The molecule has 0 rings (SSSR count). The number of hydrogen-bond donors (Lipinski definition) is 2. The second-order valence-corrected chi connectivity index (χ2v) is 7.83. The minimum absolute atomic E-state index is 0.0119. The molecule has 0 aliphatic carbocycles. The molecule has 0 bridgehead atoms. The molecule has 0 heterocycles. The maximum absolute atomic E-state index is 11.5. The van der Waals surface area contributed by atoms with Gasteiger partial charge in [0.25, 0.3) is 0 Å². The van der Waals surface area contributed by atoms with Gasteiger partial charge in [0.2, 0.25) is 5.91 Å². The number of amides is 1. The topological polar surface area (TPSA) is 49.3 Å². The Morgan fingerprint density at radius 3 is 1.44 bits per heavy atom. The van der Waals surface area contributed by atoms with Crippen LogP contribution in [0.5, 0.6) is 0 Å². The summed E-state index contributed by atoms with van der Waals surface area (Å²) in [5.41, 5.74) is 0. The lowest BCUT2D eigenvalue weighted by Crippen LogP contribution is -2.24. The number of rotatable bonds is 21. The lowest BCUT2D eigenvalue weighted by molar-refractivity contribution is -0.121. The van der Waals surface area contributed by atoms with Crippen molar-refractivity contribution in [2.24, 2.45) is 0 Å². The zero-order valence-corrected chi connectivity index (χ0v) is 17.8. The van der Waals surface area contributed by atoms with E-state index in [1.165, 1.54) is 96.3 Å². The van der Waals surface area contributed by atoms with E-state index in [2.05, 4.69) is 18.5 Å². The Bertz CT molecular complexity index is 365. The lowest BCUT2D eigenvalue weighted by Gasteiger charge is -2.05. The molecule has 0 aromatic carbocycles. The predicted molar refractivity (Wildman–Crippen MR) is 118 cm³/mol. The van der Waals surface area contributed by atoms with Crippen LogP contribution >= 0.6 is 0 Å². The molecule has 0 saturated carbocycles. The summed E-state index contributed by atoms with van der Waals surface area (Å²) in [7, 11) is 0. The molecule has 1 amide bonds. The van der Waals surface area contributed by atoms with Crippen molar-refractivity contribution >= 4 is 5.91 Å². The minimum Gasteiger partial charge on any atom is -0.511 e. The number of allylic oxidation sites excluding steroid dienone is 1. The van der Waals surface area contributed by atoms with Crippen molar-refractivity contribution in [1.82, 2.24) is 5.32 Å². The number of carbonyl (C=O) groups is 1. The first-order valence-electron chi connectivity index (χ1n) is 11.4. The van der Waals surface area contributed by atoms with Crippen LogP contribution < -0.4 is 5.32 Å². The van der Waals surface area contributed by atoms with Crippen LogP contribution in [0.4, 0.5) is 0 Å². The highest BCUT2D eigenvalue weighted by Crippen LogP contribution is 2.14. The fourth-order valence-corrected chi connectivity index (χ4v) is 3.34. The van der Waals surface area contributed by atoms with Crippen molar-refractivity contribution in [3.8, 4) is 0 Å². The first-order valence-corrected chi connectivity index (χ1v) is 11.4. The SMILES string of the molecule is C=CCCCCCCCCCCCCCCCCCCC(=O)NCC(=C)O. The third-order valence-corrected chi connectivity index (χ3v) is 5.05. The quantitative estimate of drug-likeness (QED) is 0.124. The molecule has 0 aromatic rings. The average molecular weight is 380 g/mol. The molecule has 0 aliphatic heterocycles. The lowest BCUT2D eigenvalue weighted by atomic mass is 10.0. The van der Waals surface area contributed by atoms with Gasteiger partial charge in [0.15, 0.2) is 0 Å².